The summed E-state index contributed by atoms with van der Waals surface area (Å²) in [6.07, 6.45) is 0.427. The molecule has 1 saturated heterocycles. The van der Waals surface area contributed by atoms with Crippen LogP contribution in [0.3, 0.4) is 0 Å². The standard InChI is InChI=1S/C15H16N2O3/c1-10-3-4-12(9-11(10)2)17-7-5-13(14(17)18)15(19)20-8-6-16/h3-4,9,13H,5,7-8H2,1-2H3/t13-/m0/s1. The van der Waals surface area contributed by atoms with E-state index in [4.69, 9.17) is 10.00 Å². The highest BCUT2D eigenvalue weighted by molar-refractivity contribution is 6.08. The topological polar surface area (TPSA) is 70.4 Å². The smallest absolute Gasteiger partial charge is 0.319 e. The van der Waals surface area contributed by atoms with Crippen LogP contribution in [-0.2, 0) is 14.3 Å². The van der Waals surface area contributed by atoms with Gasteiger partial charge < -0.3 is 9.64 Å². The van der Waals surface area contributed by atoms with E-state index in [-0.39, 0.29) is 12.5 Å². The Morgan fingerprint density at radius 3 is 2.85 bits per heavy atom. The summed E-state index contributed by atoms with van der Waals surface area (Å²) < 4.78 is 4.73. The van der Waals surface area contributed by atoms with Crippen LogP contribution in [0.15, 0.2) is 18.2 Å². The number of amides is 1. The van der Waals surface area contributed by atoms with E-state index in [2.05, 4.69) is 0 Å². The second-order valence-corrected chi connectivity index (χ2v) is 4.87. The number of carbonyl (C=O) groups excluding carboxylic acids is 2. The predicted octanol–water partition coefficient (Wildman–Crippen LogP) is 1.72. The maximum atomic E-state index is 12.2. The summed E-state index contributed by atoms with van der Waals surface area (Å²) in [5, 5.41) is 8.39. The van der Waals surface area contributed by atoms with Gasteiger partial charge in [-0.1, -0.05) is 6.07 Å². The van der Waals surface area contributed by atoms with Gasteiger partial charge in [-0.05, 0) is 43.5 Å². The van der Waals surface area contributed by atoms with Crippen molar-refractivity contribution < 1.29 is 14.3 Å². The van der Waals surface area contributed by atoms with Crippen LogP contribution in [-0.4, -0.2) is 25.0 Å². The van der Waals surface area contributed by atoms with Crippen molar-refractivity contribution in [3.63, 3.8) is 0 Å². The molecular formula is C15H16N2O3. The first-order valence-corrected chi connectivity index (χ1v) is 6.47. The summed E-state index contributed by atoms with van der Waals surface area (Å²) in [7, 11) is 0. The highest BCUT2D eigenvalue weighted by Gasteiger charge is 2.38. The lowest BCUT2D eigenvalue weighted by Crippen LogP contribution is -2.31. The molecule has 0 aromatic heterocycles. The Morgan fingerprint density at radius 1 is 1.45 bits per heavy atom. The van der Waals surface area contributed by atoms with Gasteiger partial charge in [0.1, 0.15) is 12.0 Å². The van der Waals surface area contributed by atoms with E-state index in [1.165, 1.54) is 0 Å². The van der Waals surface area contributed by atoms with E-state index in [9.17, 15) is 9.59 Å². The van der Waals surface area contributed by atoms with Crippen molar-refractivity contribution in [2.24, 2.45) is 5.92 Å². The molecule has 0 radical (unpaired) electrons. The quantitative estimate of drug-likeness (QED) is 0.620. The van der Waals surface area contributed by atoms with Crippen molar-refractivity contribution in [1.82, 2.24) is 0 Å². The monoisotopic (exact) mass is 272 g/mol. The van der Waals surface area contributed by atoms with Gasteiger partial charge in [0.05, 0.1) is 0 Å². The van der Waals surface area contributed by atoms with Gasteiger partial charge in [0.15, 0.2) is 6.61 Å². The third-order valence-electron chi connectivity index (χ3n) is 3.57. The number of ether oxygens (including phenoxy) is 1. The predicted molar refractivity (Wildman–Crippen MR) is 72.9 cm³/mol. The molecule has 104 valence electrons. The van der Waals surface area contributed by atoms with Crippen LogP contribution in [0.2, 0.25) is 0 Å². The number of nitrogens with zero attached hydrogens (tertiary/aromatic N) is 2. The van der Waals surface area contributed by atoms with E-state index in [0.29, 0.717) is 13.0 Å². The number of carbonyl (C=O) groups is 2. The second-order valence-electron chi connectivity index (χ2n) is 4.87. The number of aryl methyl sites for hydroxylation is 2. The molecule has 0 bridgehead atoms. The SMILES string of the molecule is Cc1ccc(N2CC[C@H](C(=O)OCC#N)C2=O)cc1C. The lowest BCUT2D eigenvalue weighted by atomic mass is 10.1. The number of hydrogen-bond acceptors (Lipinski definition) is 4. The van der Waals surface area contributed by atoms with Crippen molar-refractivity contribution in [2.75, 3.05) is 18.1 Å². The summed E-state index contributed by atoms with van der Waals surface area (Å²) in [6.45, 7) is 4.17. The van der Waals surface area contributed by atoms with Gasteiger partial charge in [0.2, 0.25) is 5.91 Å². The van der Waals surface area contributed by atoms with Gasteiger partial charge in [-0.2, -0.15) is 5.26 Å². The van der Waals surface area contributed by atoms with Crippen LogP contribution in [0.25, 0.3) is 0 Å². The number of anilines is 1. The number of nitriles is 1. The molecule has 5 nitrogen and oxygen atoms in total. The van der Waals surface area contributed by atoms with Gasteiger partial charge in [0, 0.05) is 12.2 Å². The first kappa shape index (κ1) is 14.1. The largest absolute Gasteiger partial charge is 0.450 e. The van der Waals surface area contributed by atoms with Gasteiger partial charge in [-0.25, -0.2) is 0 Å². The minimum absolute atomic E-state index is 0.254. The van der Waals surface area contributed by atoms with Gasteiger partial charge in [-0.3, -0.25) is 9.59 Å². The second kappa shape index (κ2) is 5.74. The Balaban J connectivity index is 2.13. The van der Waals surface area contributed by atoms with Crippen molar-refractivity contribution in [3.05, 3.63) is 29.3 Å². The lowest BCUT2D eigenvalue weighted by molar-refractivity contribution is -0.149. The molecule has 2 rings (SSSR count). The minimum atomic E-state index is -0.787. The average Bonchev–Trinajstić information content (AvgIpc) is 2.81. The third kappa shape index (κ3) is 2.64. The van der Waals surface area contributed by atoms with Crippen LogP contribution in [0.4, 0.5) is 5.69 Å². The molecule has 0 saturated carbocycles. The van der Waals surface area contributed by atoms with Gasteiger partial charge in [-0.15, -0.1) is 0 Å². The van der Waals surface area contributed by atoms with Crippen LogP contribution in [0, 0.1) is 31.1 Å². The molecule has 1 aliphatic heterocycles. The maximum absolute atomic E-state index is 12.2. The van der Waals surface area contributed by atoms with Crippen molar-refractivity contribution in [1.29, 1.82) is 5.26 Å². The third-order valence-corrected chi connectivity index (χ3v) is 3.57. The zero-order chi connectivity index (χ0) is 14.7. The van der Waals surface area contributed by atoms with Gasteiger partial charge >= 0.3 is 5.97 Å². The molecule has 1 heterocycles. The summed E-state index contributed by atoms with van der Waals surface area (Å²) in [6, 6.07) is 7.50. The first-order chi connectivity index (χ1) is 9.54. The molecule has 1 aromatic carbocycles. The summed E-state index contributed by atoms with van der Waals surface area (Å²) in [4.78, 5) is 25.5. The molecule has 0 aliphatic carbocycles. The molecule has 1 atom stereocenters. The van der Waals surface area contributed by atoms with Crippen molar-refractivity contribution >= 4 is 17.6 Å². The molecule has 5 heteroatoms. The van der Waals surface area contributed by atoms with E-state index < -0.39 is 11.9 Å². The summed E-state index contributed by atoms with van der Waals surface area (Å²) in [5.74, 6) is -1.65. The van der Waals surface area contributed by atoms with Gasteiger partial charge in [0.25, 0.3) is 0 Å². The molecule has 1 fully saturated rings. The summed E-state index contributed by atoms with van der Waals surface area (Å²) >= 11 is 0. The highest BCUT2D eigenvalue weighted by atomic mass is 16.5. The first-order valence-electron chi connectivity index (χ1n) is 6.47. The fourth-order valence-electron chi connectivity index (χ4n) is 2.25. The Morgan fingerprint density at radius 2 is 2.20 bits per heavy atom. The molecule has 0 unspecified atom stereocenters. The Kier molecular flexibility index (Phi) is 4.04. The van der Waals surface area contributed by atoms with E-state index in [1.54, 1.807) is 11.0 Å². The highest BCUT2D eigenvalue weighted by Crippen LogP contribution is 2.27. The van der Waals surface area contributed by atoms with Crippen LogP contribution in [0.5, 0.6) is 0 Å². The molecule has 0 N–H and O–H groups in total. The number of esters is 1. The number of benzene rings is 1. The summed E-state index contributed by atoms with van der Waals surface area (Å²) in [5.41, 5.74) is 3.06. The van der Waals surface area contributed by atoms with Crippen molar-refractivity contribution in [2.45, 2.75) is 20.3 Å². The Labute approximate surface area is 117 Å². The molecule has 20 heavy (non-hydrogen) atoms. The zero-order valence-corrected chi connectivity index (χ0v) is 11.5. The molecule has 1 aliphatic rings. The van der Waals surface area contributed by atoms with E-state index >= 15 is 0 Å². The van der Waals surface area contributed by atoms with Crippen LogP contribution >= 0.6 is 0 Å². The Bertz CT molecular complexity index is 589. The number of rotatable bonds is 3. The number of hydrogen-bond donors (Lipinski definition) is 0. The van der Waals surface area contributed by atoms with Crippen LogP contribution < -0.4 is 4.90 Å². The zero-order valence-electron chi connectivity index (χ0n) is 11.5. The average molecular weight is 272 g/mol. The molecular weight excluding hydrogens is 256 g/mol. The molecule has 1 aromatic rings. The van der Waals surface area contributed by atoms with E-state index in [0.717, 1.165) is 16.8 Å². The Hall–Kier alpha value is -2.35. The fraction of sp³-hybridized carbons (Fsp3) is 0.400. The van der Waals surface area contributed by atoms with Crippen molar-refractivity contribution in [3.8, 4) is 6.07 Å². The maximum Gasteiger partial charge on any atom is 0.319 e. The fourth-order valence-corrected chi connectivity index (χ4v) is 2.25. The molecule has 1 amide bonds. The van der Waals surface area contributed by atoms with Crippen LogP contribution in [0.1, 0.15) is 17.5 Å². The lowest BCUT2D eigenvalue weighted by Gasteiger charge is -2.17. The normalized spacial score (nSPS) is 17.9. The minimum Gasteiger partial charge on any atom is -0.450 e. The molecule has 0 spiro atoms. The van der Waals surface area contributed by atoms with E-state index in [1.807, 2.05) is 32.0 Å².